The van der Waals surface area contributed by atoms with Crippen molar-refractivity contribution in [2.24, 2.45) is 0 Å². The molecule has 1 unspecified atom stereocenters. The SMILES string of the molecule is CCCCNC(=O)C(OC(=O)c1ccc(/C=C/C(C)=O)cc1)C(=O)c1ccc(F)cc1. The molecule has 6 nitrogen and oxygen atoms in total. The van der Waals surface area contributed by atoms with Gasteiger partial charge in [0.1, 0.15) is 5.82 Å². The third kappa shape index (κ3) is 7.29. The van der Waals surface area contributed by atoms with Crippen LogP contribution in [0.4, 0.5) is 4.39 Å². The van der Waals surface area contributed by atoms with Crippen molar-refractivity contribution in [1.82, 2.24) is 5.32 Å². The van der Waals surface area contributed by atoms with Gasteiger partial charge in [0.25, 0.3) is 5.91 Å². The van der Waals surface area contributed by atoms with Crippen molar-refractivity contribution in [3.05, 3.63) is 77.1 Å². The maximum Gasteiger partial charge on any atom is 0.339 e. The van der Waals surface area contributed by atoms with E-state index < -0.39 is 29.6 Å². The number of esters is 1. The monoisotopic (exact) mass is 425 g/mol. The molecule has 0 aliphatic carbocycles. The van der Waals surface area contributed by atoms with Crippen molar-refractivity contribution in [2.45, 2.75) is 32.8 Å². The number of halogens is 1. The van der Waals surface area contributed by atoms with Gasteiger partial charge in [0.15, 0.2) is 5.78 Å². The molecule has 162 valence electrons. The van der Waals surface area contributed by atoms with Crippen LogP contribution in [0.3, 0.4) is 0 Å². The number of amides is 1. The van der Waals surface area contributed by atoms with Gasteiger partial charge in [0, 0.05) is 12.1 Å². The highest BCUT2D eigenvalue weighted by Gasteiger charge is 2.31. The predicted octanol–water partition coefficient (Wildman–Crippen LogP) is 3.75. The highest BCUT2D eigenvalue weighted by Crippen LogP contribution is 2.13. The maximum absolute atomic E-state index is 13.2. The number of unbranched alkanes of at least 4 members (excludes halogenated alkanes) is 1. The molecule has 0 radical (unpaired) electrons. The number of Topliss-reactive ketones (excluding diaryl/α,β-unsaturated/α-hetero) is 1. The fraction of sp³-hybridized carbons (Fsp3) is 0.250. The minimum absolute atomic E-state index is 0.0505. The zero-order valence-electron chi connectivity index (χ0n) is 17.4. The Kier molecular flexibility index (Phi) is 8.81. The zero-order chi connectivity index (χ0) is 22.8. The maximum atomic E-state index is 13.2. The van der Waals surface area contributed by atoms with Gasteiger partial charge < -0.3 is 10.1 Å². The first-order valence-electron chi connectivity index (χ1n) is 9.89. The van der Waals surface area contributed by atoms with Crippen LogP contribution >= 0.6 is 0 Å². The Hall–Kier alpha value is -3.61. The van der Waals surface area contributed by atoms with E-state index in [0.29, 0.717) is 18.5 Å². The molecule has 1 amide bonds. The van der Waals surface area contributed by atoms with E-state index in [1.54, 1.807) is 18.2 Å². The van der Waals surface area contributed by atoms with Crippen LogP contribution in [-0.2, 0) is 14.3 Å². The van der Waals surface area contributed by atoms with Crippen LogP contribution in [0.15, 0.2) is 54.6 Å². The lowest BCUT2D eigenvalue weighted by atomic mass is 10.0. The van der Waals surface area contributed by atoms with Gasteiger partial charge in [-0.05, 0) is 61.4 Å². The van der Waals surface area contributed by atoms with Gasteiger partial charge in [-0.25, -0.2) is 9.18 Å². The Morgan fingerprint density at radius 3 is 2.19 bits per heavy atom. The summed E-state index contributed by atoms with van der Waals surface area (Å²) in [4.78, 5) is 48.9. The van der Waals surface area contributed by atoms with Crippen molar-refractivity contribution < 1.29 is 28.3 Å². The number of rotatable bonds is 10. The van der Waals surface area contributed by atoms with E-state index in [4.69, 9.17) is 4.74 Å². The molecule has 0 fully saturated rings. The van der Waals surface area contributed by atoms with E-state index in [9.17, 15) is 23.6 Å². The Bertz CT molecular complexity index is 964. The molecule has 2 aromatic carbocycles. The van der Waals surface area contributed by atoms with Gasteiger partial charge in [-0.15, -0.1) is 0 Å². The average Bonchev–Trinajstić information content (AvgIpc) is 2.76. The molecule has 2 rings (SSSR count). The predicted molar refractivity (Wildman–Crippen MR) is 114 cm³/mol. The second kappa shape index (κ2) is 11.5. The standard InChI is InChI=1S/C24H24FNO5/c1-3-4-15-26-23(29)22(21(28)18-11-13-20(25)14-12-18)31-24(30)19-9-7-17(8-10-19)6-5-16(2)27/h5-14,22H,3-4,15H2,1-2H3,(H,26,29)/b6-5+. The number of carbonyl (C=O) groups excluding carboxylic acids is 4. The van der Waals surface area contributed by atoms with E-state index in [1.165, 1.54) is 37.3 Å². The first-order chi connectivity index (χ1) is 14.8. The van der Waals surface area contributed by atoms with Crippen molar-refractivity contribution in [3.8, 4) is 0 Å². The number of ketones is 2. The molecule has 31 heavy (non-hydrogen) atoms. The number of hydrogen-bond donors (Lipinski definition) is 1. The van der Waals surface area contributed by atoms with E-state index in [2.05, 4.69) is 5.32 Å². The fourth-order valence-electron chi connectivity index (χ4n) is 2.59. The highest BCUT2D eigenvalue weighted by atomic mass is 19.1. The molecule has 1 N–H and O–H groups in total. The third-order valence-electron chi connectivity index (χ3n) is 4.32. The zero-order valence-corrected chi connectivity index (χ0v) is 17.4. The lowest BCUT2D eigenvalue weighted by Crippen LogP contribution is -2.43. The second-order valence-corrected chi connectivity index (χ2v) is 6.87. The molecule has 0 heterocycles. The van der Waals surface area contributed by atoms with Crippen LogP contribution in [0.5, 0.6) is 0 Å². The number of benzene rings is 2. The smallest absolute Gasteiger partial charge is 0.339 e. The summed E-state index contributed by atoms with van der Waals surface area (Å²) in [5, 5.41) is 2.59. The summed E-state index contributed by atoms with van der Waals surface area (Å²) >= 11 is 0. The molecule has 0 saturated carbocycles. The second-order valence-electron chi connectivity index (χ2n) is 6.87. The molecule has 7 heteroatoms. The summed E-state index contributed by atoms with van der Waals surface area (Å²) in [5.41, 5.74) is 0.885. The number of ether oxygens (including phenoxy) is 1. The molecule has 0 aliphatic rings. The van der Waals surface area contributed by atoms with Crippen molar-refractivity contribution in [1.29, 1.82) is 0 Å². The number of allylic oxidation sites excluding steroid dienone is 1. The Labute approximate surface area is 180 Å². The van der Waals surface area contributed by atoms with Gasteiger partial charge in [0.2, 0.25) is 11.9 Å². The molecule has 2 aromatic rings. The molecule has 0 spiro atoms. The molecule has 0 aliphatic heterocycles. The van der Waals surface area contributed by atoms with Gasteiger partial charge in [0.05, 0.1) is 5.56 Å². The Morgan fingerprint density at radius 2 is 1.61 bits per heavy atom. The topological polar surface area (TPSA) is 89.5 Å². The molecule has 0 saturated heterocycles. The van der Waals surface area contributed by atoms with Crippen LogP contribution < -0.4 is 5.32 Å². The summed E-state index contributed by atoms with van der Waals surface area (Å²) in [5.74, 6) is -2.98. The molecular weight excluding hydrogens is 401 g/mol. The fourth-order valence-corrected chi connectivity index (χ4v) is 2.59. The van der Waals surface area contributed by atoms with Crippen molar-refractivity contribution >= 4 is 29.5 Å². The molecule has 0 bridgehead atoms. The molecule has 1 atom stereocenters. The average molecular weight is 425 g/mol. The quantitative estimate of drug-likeness (QED) is 0.206. The largest absolute Gasteiger partial charge is 0.440 e. The Balaban J connectivity index is 2.19. The summed E-state index contributed by atoms with van der Waals surface area (Å²) < 4.78 is 18.4. The summed E-state index contributed by atoms with van der Waals surface area (Å²) in [7, 11) is 0. The van der Waals surface area contributed by atoms with Crippen LogP contribution in [0.25, 0.3) is 6.08 Å². The van der Waals surface area contributed by atoms with Crippen LogP contribution in [0.2, 0.25) is 0 Å². The first kappa shape index (κ1) is 23.7. The minimum atomic E-state index is -1.70. The Morgan fingerprint density at radius 1 is 1.00 bits per heavy atom. The third-order valence-corrected chi connectivity index (χ3v) is 4.32. The summed E-state index contributed by atoms with van der Waals surface area (Å²) in [6.45, 7) is 3.70. The number of hydrogen-bond acceptors (Lipinski definition) is 5. The number of nitrogens with one attached hydrogen (secondary N) is 1. The summed E-state index contributed by atoms with van der Waals surface area (Å²) in [6, 6.07) is 10.8. The van der Waals surface area contributed by atoms with Gasteiger partial charge in [-0.1, -0.05) is 31.6 Å². The summed E-state index contributed by atoms with van der Waals surface area (Å²) in [6.07, 6.45) is 2.82. The van der Waals surface area contributed by atoms with Crippen molar-refractivity contribution in [2.75, 3.05) is 6.54 Å². The number of carbonyl (C=O) groups is 4. The van der Waals surface area contributed by atoms with E-state index >= 15 is 0 Å². The molecule has 0 aromatic heterocycles. The molecular formula is C24H24FNO5. The van der Waals surface area contributed by atoms with Crippen LogP contribution in [-0.4, -0.2) is 36.1 Å². The van der Waals surface area contributed by atoms with E-state index in [1.807, 2.05) is 6.92 Å². The first-order valence-corrected chi connectivity index (χ1v) is 9.89. The normalized spacial score (nSPS) is 11.7. The van der Waals surface area contributed by atoms with Crippen LogP contribution in [0.1, 0.15) is 53.0 Å². The van der Waals surface area contributed by atoms with Crippen LogP contribution in [0, 0.1) is 5.82 Å². The highest BCUT2D eigenvalue weighted by molar-refractivity contribution is 6.14. The van der Waals surface area contributed by atoms with E-state index in [0.717, 1.165) is 18.6 Å². The minimum Gasteiger partial charge on any atom is -0.440 e. The van der Waals surface area contributed by atoms with Gasteiger partial charge >= 0.3 is 5.97 Å². The lowest BCUT2D eigenvalue weighted by Gasteiger charge is -2.17. The lowest BCUT2D eigenvalue weighted by molar-refractivity contribution is -0.127. The van der Waals surface area contributed by atoms with Crippen molar-refractivity contribution in [3.63, 3.8) is 0 Å². The van der Waals surface area contributed by atoms with E-state index in [-0.39, 0.29) is 16.9 Å². The van der Waals surface area contributed by atoms with Gasteiger partial charge in [-0.2, -0.15) is 0 Å². The van der Waals surface area contributed by atoms with Gasteiger partial charge in [-0.3, -0.25) is 14.4 Å².